The molecule has 2 rings (SSSR count). The Morgan fingerprint density at radius 3 is 2.72 bits per heavy atom. The van der Waals surface area contributed by atoms with E-state index in [9.17, 15) is 0 Å². The second-order valence-corrected chi connectivity index (χ2v) is 6.84. The topological polar surface area (TPSA) is 24.5 Å². The van der Waals surface area contributed by atoms with E-state index in [1.54, 1.807) is 0 Å². The van der Waals surface area contributed by atoms with E-state index in [0.717, 1.165) is 19.1 Å². The van der Waals surface area contributed by atoms with Gasteiger partial charge in [-0.1, -0.05) is 0 Å². The van der Waals surface area contributed by atoms with E-state index >= 15 is 0 Å². The zero-order valence-corrected chi connectivity index (χ0v) is 12.5. The van der Waals surface area contributed by atoms with Crippen LogP contribution in [0.4, 0.5) is 0 Å². The predicted molar refractivity (Wildman–Crippen MR) is 75.9 cm³/mol. The molecule has 2 aliphatic rings. The summed E-state index contributed by atoms with van der Waals surface area (Å²) < 4.78 is 5.97. The molecule has 1 saturated carbocycles. The molecule has 1 N–H and O–H groups in total. The molecule has 0 aromatic rings. The lowest BCUT2D eigenvalue weighted by Gasteiger charge is -2.44. The maximum Gasteiger partial charge on any atom is 0.0757 e. The predicted octanol–water partition coefficient (Wildman–Crippen LogP) is 2.41. The van der Waals surface area contributed by atoms with Crippen LogP contribution in [0.25, 0.3) is 0 Å². The number of ether oxygens (including phenoxy) is 1. The first-order valence-corrected chi connectivity index (χ1v) is 7.61. The number of hydrogen-bond acceptors (Lipinski definition) is 3. The van der Waals surface area contributed by atoms with Crippen LogP contribution >= 0.6 is 0 Å². The number of rotatable bonds is 6. The Bertz CT molecular complexity index is 263. The van der Waals surface area contributed by atoms with E-state index < -0.39 is 0 Å². The maximum atomic E-state index is 5.97. The molecule has 0 bridgehead atoms. The van der Waals surface area contributed by atoms with Crippen LogP contribution in [0.3, 0.4) is 0 Å². The van der Waals surface area contributed by atoms with Crippen molar-refractivity contribution in [2.75, 3.05) is 19.6 Å². The van der Waals surface area contributed by atoms with Crippen molar-refractivity contribution in [1.29, 1.82) is 0 Å². The van der Waals surface area contributed by atoms with E-state index in [1.807, 2.05) is 0 Å². The van der Waals surface area contributed by atoms with Gasteiger partial charge in [0.15, 0.2) is 0 Å². The third-order valence-electron chi connectivity index (χ3n) is 4.03. The zero-order valence-electron chi connectivity index (χ0n) is 12.5. The fourth-order valence-corrected chi connectivity index (χ4v) is 3.01. The fourth-order valence-electron chi connectivity index (χ4n) is 3.01. The first kappa shape index (κ1) is 14.3. The Labute approximate surface area is 112 Å². The number of hydrogen-bond donors (Lipinski definition) is 1. The van der Waals surface area contributed by atoms with Crippen LogP contribution in [-0.2, 0) is 4.74 Å². The van der Waals surface area contributed by atoms with Gasteiger partial charge in [-0.05, 0) is 59.9 Å². The molecule has 0 spiro atoms. The molecule has 3 heteroatoms. The minimum absolute atomic E-state index is 0.0121. The number of nitrogens with one attached hydrogen (secondary N) is 1. The van der Waals surface area contributed by atoms with Crippen LogP contribution < -0.4 is 5.32 Å². The summed E-state index contributed by atoms with van der Waals surface area (Å²) in [4.78, 5) is 2.60. The van der Waals surface area contributed by atoms with E-state index in [-0.39, 0.29) is 5.60 Å². The van der Waals surface area contributed by atoms with Gasteiger partial charge in [-0.15, -0.1) is 0 Å². The van der Waals surface area contributed by atoms with Gasteiger partial charge in [0, 0.05) is 25.2 Å². The Hall–Kier alpha value is -0.120. The molecule has 2 fully saturated rings. The minimum Gasteiger partial charge on any atom is -0.370 e. The molecule has 0 aromatic carbocycles. The van der Waals surface area contributed by atoms with Crippen LogP contribution in [0.1, 0.15) is 53.4 Å². The summed E-state index contributed by atoms with van der Waals surface area (Å²) in [5.74, 6) is 0. The third-order valence-corrected chi connectivity index (χ3v) is 4.03. The summed E-state index contributed by atoms with van der Waals surface area (Å²) in [5, 5.41) is 3.60. The van der Waals surface area contributed by atoms with E-state index in [0.29, 0.717) is 12.1 Å². The molecular weight excluding hydrogens is 224 g/mol. The summed E-state index contributed by atoms with van der Waals surface area (Å²) in [7, 11) is 0. The summed E-state index contributed by atoms with van der Waals surface area (Å²) in [5.41, 5.74) is 0.0121. The normalized spacial score (nSPS) is 30.3. The van der Waals surface area contributed by atoms with E-state index in [2.05, 4.69) is 37.9 Å². The van der Waals surface area contributed by atoms with Gasteiger partial charge in [0.05, 0.1) is 11.7 Å². The van der Waals surface area contributed by atoms with Crippen LogP contribution in [-0.4, -0.2) is 48.3 Å². The molecule has 2 atom stereocenters. The highest BCUT2D eigenvalue weighted by molar-refractivity contribution is 4.85. The second-order valence-electron chi connectivity index (χ2n) is 6.84. The zero-order chi connectivity index (χ0) is 13.2. The van der Waals surface area contributed by atoms with Crippen molar-refractivity contribution in [3.8, 4) is 0 Å². The van der Waals surface area contributed by atoms with Gasteiger partial charge in [0.1, 0.15) is 0 Å². The minimum atomic E-state index is 0.0121. The van der Waals surface area contributed by atoms with Crippen molar-refractivity contribution in [1.82, 2.24) is 10.2 Å². The number of morpholine rings is 1. The first-order valence-electron chi connectivity index (χ1n) is 7.61. The molecule has 0 aromatic heterocycles. The van der Waals surface area contributed by atoms with Gasteiger partial charge >= 0.3 is 0 Å². The highest BCUT2D eigenvalue weighted by Crippen LogP contribution is 2.23. The van der Waals surface area contributed by atoms with Crippen molar-refractivity contribution in [3.05, 3.63) is 0 Å². The monoisotopic (exact) mass is 254 g/mol. The van der Waals surface area contributed by atoms with E-state index in [1.165, 1.54) is 32.2 Å². The van der Waals surface area contributed by atoms with Gasteiger partial charge in [0.2, 0.25) is 0 Å². The Balaban J connectivity index is 1.68. The third kappa shape index (κ3) is 4.52. The Morgan fingerprint density at radius 1 is 1.39 bits per heavy atom. The molecule has 0 radical (unpaired) electrons. The summed E-state index contributed by atoms with van der Waals surface area (Å²) >= 11 is 0. The molecule has 1 aliphatic carbocycles. The number of nitrogens with zero attached hydrogens (tertiary/aromatic N) is 1. The van der Waals surface area contributed by atoms with Crippen molar-refractivity contribution in [3.63, 3.8) is 0 Å². The van der Waals surface area contributed by atoms with Crippen LogP contribution in [0, 0.1) is 0 Å². The maximum absolute atomic E-state index is 5.97. The average molecular weight is 254 g/mol. The molecule has 1 heterocycles. The van der Waals surface area contributed by atoms with Crippen LogP contribution in [0.2, 0.25) is 0 Å². The van der Waals surface area contributed by atoms with Crippen molar-refractivity contribution in [2.45, 2.75) is 77.2 Å². The highest BCUT2D eigenvalue weighted by Gasteiger charge is 2.33. The Morgan fingerprint density at radius 2 is 2.11 bits per heavy atom. The van der Waals surface area contributed by atoms with Crippen LogP contribution in [0.15, 0.2) is 0 Å². The molecule has 106 valence electrons. The van der Waals surface area contributed by atoms with Gasteiger partial charge in [-0.3, -0.25) is 4.90 Å². The largest absolute Gasteiger partial charge is 0.370 e. The van der Waals surface area contributed by atoms with Gasteiger partial charge in [0.25, 0.3) is 0 Å². The summed E-state index contributed by atoms with van der Waals surface area (Å²) in [6, 6.07) is 1.53. The molecular formula is C15H30N2O. The van der Waals surface area contributed by atoms with Crippen molar-refractivity contribution in [2.24, 2.45) is 0 Å². The van der Waals surface area contributed by atoms with Crippen molar-refractivity contribution < 1.29 is 4.74 Å². The van der Waals surface area contributed by atoms with Crippen molar-refractivity contribution >= 4 is 0 Å². The average Bonchev–Trinajstić information content (AvgIpc) is 3.05. The summed E-state index contributed by atoms with van der Waals surface area (Å²) in [6.45, 7) is 12.3. The molecule has 0 amide bonds. The highest BCUT2D eigenvalue weighted by atomic mass is 16.5. The SMILES string of the molecule is CC1CN(C(C)CCCNC2CC2)CC(C)(C)O1. The van der Waals surface area contributed by atoms with Gasteiger partial charge < -0.3 is 10.1 Å². The lowest BCUT2D eigenvalue weighted by Crippen LogP contribution is -2.54. The van der Waals surface area contributed by atoms with E-state index in [4.69, 9.17) is 4.74 Å². The smallest absolute Gasteiger partial charge is 0.0757 e. The first-order chi connectivity index (χ1) is 8.46. The molecule has 3 nitrogen and oxygen atoms in total. The lowest BCUT2D eigenvalue weighted by molar-refractivity contribution is -0.137. The molecule has 2 unspecified atom stereocenters. The lowest BCUT2D eigenvalue weighted by atomic mass is 10.0. The molecule has 1 aliphatic heterocycles. The molecule has 18 heavy (non-hydrogen) atoms. The van der Waals surface area contributed by atoms with Gasteiger partial charge in [-0.2, -0.15) is 0 Å². The Kier molecular flexibility index (Phi) is 4.68. The molecule has 1 saturated heterocycles. The quantitative estimate of drug-likeness (QED) is 0.737. The fraction of sp³-hybridized carbons (Fsp3) is 1.00. The van der Waals surface area contributed by atoms with Gasteiger partial charge in [-0.25, -0.2) is 0 Å². The standard InChI is InChI=1S/C15H30N2O/c1-12(6-5-9-16-14-7-8-14)17-10-13(2)18-15(3,4)11-17/h12-14,16H,5-11H2,1-4H3. The summed E-state index contributed by atoms with van der Waals surface area (Å²) in [6.07, 6.45) is 5.74. The van der Waals surface area contributed by atoms with Crippen LogP contribution in [0.5, 0.6) is 0 Å². The second kappa shape index (κ2) is 5.89.